The number of likely N-dealkylation sites (tertiary alicyclic amines) is 3. The first kappa shape index (κ1) is 46.3. The number of rotatable bonds is 15. The Hall–Kier alpha value is -4.24. The summed E-state index contributed by atoms with van der Waals surface area (Å²) in [5.74, 6) is 0.165. The first-order valence-corrected chi connectivity index (χ1v) is 22.6. The molecule has 4 heterocycles. The number of amides is 4. The van der Waals surface area contributed by atoms with Crippen molar-refractivity contribution in [1.29, 1.82) is 0 Å². The van der Waals surface area contributed by atoms with E-state index in [-0.39, 0.29) is 48.1 Å². The summed E-state index contributed by atoms with van der Waals surface area (Å²) in [5, 5.41) is 2.69. The normalized spacial score (nSPS) is 19.2. The maximum atomic E-state index is 14.2. The number of esters is 1. The molecule has 4 aliphatic rings. The Morgan fingerprint density at radius 3 is 2.20 bits per heavy atom. The number of nitrogens with two attached hydrogens (primary N) is 1. The molecular formula is C45H62ClF3N6O6. The number of hydrogen-bond acceptors (Lipinski definition) is 8. The quantitative estimate of drug-likeness (QED) is 0.103. The summed E-state index contributed by atoms with van der Waals surface area (Å²) in [4.78, 5) is 60.6. The molecule has 6 rings (SSSR count). The van der Waals surface area contributed by atoms with Gasteiger partial charge in [-0.1, -0.05) is 68.8 Å². The molecule has 12 nitrogen and oxygen atoms in total. The van der Waals surface area contributed by atoms with Crippen molar-refractivity contribution in [2.75, 3.05) is 70.0 Å². The number of fused-ring (bicyclic) bond motifs is 1. The molecule has 61 heavy (non-hydrogen) atoms. The summed E-state index contributed by atoms with van der Waals surface area (Å²) < 4.78 is 53.2. The van der Waals surface area contributed by atoms with E-state index in [9.17, 15) is 32.3 Å². The predicted octanol–water partition coefficient (Wildman–Crippen LogP) is 8.40. The van der Waals surface area contributed by atoms with Crippen LogP contribution in [-0.2, 0) is 38.1 Å². The summed E-state index contributed by atoms with van der Waals surface area (Å²) >= 11 is 6.16. The molecular weight excluding hydrogens is 813 g/mol. The van der Waals surface area contributed by atoms with E-state index in [0.29, 0.717) is 63.9 Å². The molecule has 0 spiro atoms. The van der Waals surface area contributed by atoms with E-state index in [2.05, 4.69) is 17.1 Å². The summed E-state index contributed by atoms with van der Waals surface area (Å²) in [6, 6.07) is 9.52. The molecule has 4 amide bonds. The molecule has 2 aromatic rings. The molecule has 3 saturated heterocycles. The summed E-state index contributed by atoms with van der Waals surface area (Å²) in [7, 11) is 0. The van der Waals surface area contributed by atoms with Gasteiger partial charge < -0.3 is 35.2 Å². The Kier molecular flexibility index (Phi) is 16.5. The van der Waals surface area contributed by atoms with Crippen molar-refractivity contribution >= 4 is 47.0 Å². The number of alkyl halides is 3. The standard InChI is InChI=1S/C45H62ClF3N6O6/c1-2-3-4-5-6-9-26-60-40(56)30-52-19-12-32(13-20-52)33-14-21-53(22-15-33)42(57)39(29-31-27-36(45(47,48)49)41(50)37(46)28-31)61-44(59)54-23-17-35(18-24-54)55-25-16-34-10-7-8-11-38(34)51-43(55)58/h7-8,10-11,27-28,32-33,35,39H,2-6,9,12-26,29-30,50H2,1H3,(H,51,58)/t39-/m1/s1. The van der Waals surface area contributed by atoms with Crippen LogP contribution < -0.4 is 11.1 Å². The van der Waals surface area contributed by atoms with Gasteiger partial charge in [-0.2, -0.15) is 13.2 Å². The number of urea groups is 1. The van der Waals surface area contributed by atoms with Crippen LogP contribution in [0, 0.1) is 11.8 Å². The lowest BCUT2D eigenvalue weighted by atomic mass is 9.78. The summed E-state index contributed by atoms with van der Waals surface area (Å²) in [6.07, 6.45) is 4.61. The molecule has 2 aromatic carbocycles. The first-order valence-electron chi connectivity index (χ1n) is 22.2. The van der Waals surface area contributed by atoms with Gasteiger partial charge in [0, 0.05) is 50.9 Å². The van der Waals surface area contributed by atoms with Gasteiger partial charge in [-0.05, 0) is 106 Å². The zero-order valence-corrected chi connectivity index (χ0v) is 36.1. The number of anilines is 2. The summed E-state index contributed by atoms with van der Waals surface area (Å²) in [6.45, 7) is 6.48. The van der Waals surface area contributed by atoms with Crippen molar-refractivity contribution in [2.45, 2.75) is 115 Å². The largest absolute Gasteiger partial charge is 0.465 e. The van der Waals surface area contributed by atoms with Crippen LogP contribution in [0.3, 0.4) is 0 Å². The average Bonchev–Trinajstić information content (AvgIpc) is 3.42. The van der Waals surface area contributed by atoms with Crippen LogP contribution in [0.4, 0.5) is 34.1 Å². The van der Waals surface area contributed by atoms with Gasteiger partial charge in [0.25, 0.3) is 5.91 Å². The number of carbonyl (C=O) groups is 4. The second kappa shape index (κ2) is 21.7. The fraction of sp³-hybridized carbons (Fsp3) is 0.644. The number of halogens is 4. The minimum atomic E-state index is -4.79. The predicted molar refractivity (Wildman–Crippen MR) is 228 cm³/mol. The second-order valence-corrected chi connectivity index (χ2v) is 17.5. The van der Waals surface area contributed by atoms with Crippen molar-refractivity contribution in [3.05, 3.63) is 58.1 Å². The fourth-order valence-electron chi connectivity index (χ4n) is 9.39. The maximum Gasteiger partial charge on any atom is 0.418 e. The van der Waals surface area contributed by atoms with E-state index < -0.39 is 35.5 Å². The third-order valence-electron chi connectivity index (χ3n) is 13.0. The number of benzene rings is 2. The van der Waals surface area contributed by atoms with Crippen LogP contribution in [0.5, 0.6) is 0 Å². The van der Waals surface area contributed by atoms with Gasteiger partial charge in [0.15, 0.2) is 6.10 Å². The van der Waals surface area contributed by atoms with Crippen molar-refractivity contribution < 1.29 is 41.8 Å². The number of para-hydroxylation sites is 1. The topological polar surface area (TPSA) is 138 Å². The molecule has 0 aromatic heterocycles. The molecule has 0 saturated carbocycles. The van der Waals surface area contributed by atoms with E-state index in [1.807, 2.05) is 24.3 Å². The number of nitrogens with one attached hydrogen (secondary N) is 1. The molecule has 0 aliphatic carbocycles. The number of nitrogens with zero attached hydrogens (tertiary/aromatic N) is 4. The fourth-order valence-corrected chi connectivity index (χ4v) is 9.63. The zero-order chi connectivity index (χ0) is 43.5. The highest BCUT2D eigenvalue weighted by Gasteiger charge is 2.39. The number of carbonyl (C=O) groups excluding carboxylic acids is 4. The minimum Gasteiger partial charge on any atom is -0.465 e. The third-order valence-corrected chi connectivity index (χ3v) is 13.3. The number of piperidine rings is 3. The SMILES string of the molecule is CCCCCCCCOC(=O)CN1CCC(C2CCN(C(=O)[C@@H](Cc3cc(Cl)c(N)c(C(F)(F)F)c3)OC(=O)N3CCC(N4CCc5ccccc5NC4=O)CC3)CC2)CC1. The number of unbranched alkanes of at least 4 members (excludes halogenated alkanes) is 5. The minimum absolute atomic E-state index is 0.0671. The molecule has 1 atom stereocenters. The van der Waals surface area contributed by atoms with Crippen molar-refractivity contribution in [3.8, 4) is 0 Å². The Labute approximate surface area is 362 Å². The van der Waals surface area contributed by atoms with Gasteiger partial charge in [-0.25, -0.2) is 9.59 Å². The molecule has 4 aliphatic heterocycles. The summed E-state index contributed by atoms with van der Waals surface area (Å²) in [5.41, 5.74) is 5.88. The third kappa shape index (κ3) is 12.7. The van der Waals surface area contributed by atoms with Gasteiger partial charge in [-0.3, -0.25) is 14.5 Å². The van der Waals surface area contributed by atoms with Gasteiger partial charge in [-0.15, -0.1) is 0 Å². The Morgan fingerprint density at radius 1 is 0.869 bits per heavy atom. The lowest BCUT2D eigenvalue weighted by Gasteiger charge is -2.41. The Morgan fingerprint density at radius 2 is 1.51 bits per heavy atom. The van der Waals surface area contributed by atoms with Gasteiger partial charge in [0.1, 0.15) is 0 Å². The number of ether oxygens (including phenoxy) is 2. The van der Waals surface area contributed by atoms with E-state index >= 15 is 0 Å². The molecule has 336 valence electrons. The van der Waals surface area contributed by atoms with E-state index in [1.54, 1.807) is 9.80 Å². The van der Waals surface area contributed by atoms with Crippen molar-refractivity contribution in [3.63, 3.8) is 0 Å². The monoisotopic (exact) mass is 874 g/mol. The Bertz CT molecular complexity index is 1810. The van der Waals surface area contributed by atoms with Crippen LogP contribution in [0.1, 0.15) is 101 Å². The van der Waals surface area contributed by atoms with Gasteiger partial charge in [0.2, 0.25) is 0 Å². The number of nitrogen functional groups attached to an aromatic ring is 1. The average molecular weight is 875 g/mol. The van der Waals surface area contributed by atoms with Crippen LogP contribution in [0.2, 0.25) is 5.02 Å². The lowest BCUT2D eigenvalue weighted by Crippen LogP contribution is -2.52. The second-order valence-electron chi connectivity index (χ2n) is 17.1. The highest BCUT2D eigenvalue weighted by Crippen LogP contribution is 2.39. The number of hydrogen-bond donors (Lipinski definition) is 2. The van der Waals surface area contributed by atoms with Crippen LogP contribution in [0.25, 0.3) is 0 Å². The lowest BCUT2D eigenvalue weighted by molar-refractivity contribution is -0.145. The van der Waals surface area contributed by atoms with E-state index in [1.165, 1.54) is 36.6 Å². The Balaban J connectivity index is 1.02. The van der Waals surface area contributed by atoms with Crippen molar-refractivity contribution in [1.82, 2.24) is 19.6 Å². The van der Waals surface area contributed by atoms with Crippen LogP contribution in [0.15, 0.2) is 36.4 Å². The zero-order valence-electron chi connectivity index (χ0n) is 35.4. The van der Waals surface area contributed by atoms with Crippen molar-refractivity contribution in [2.24, 2.45) is 11.8 Å². The maximum absolute atomic E-state index is 14.2. The smallest absolute Gasteiger partial charge is 0.418 e. The molecule has 16 heteroatoms. The first-order chi connectivity index (χ1) is 29.3. The van der Waals surface area contributed by atoms with Crippen LogP contribution in [-0.4, -0.2) is 115 Å². The molecule has 0 bridgehead atoms. The van der Waals surface area contributed by atoms with Gasteiger partial charge >= 0.3 is 24.3 Å². The highest BCUT2D eigenvalue weighted by molar-refractivity contribution is 6.33. The van der Waals surface area contributed by atoms with Crippen LogP contribution >= 0.6 is 11.6 Å². The molecule has 0 unspecified atom stereocenters. The highest BCUT2D eigenvalue weighted by atomic mass is 35.5. The van der Waals surface area contributed by atoms with Gasteiger partial charge in [0.05, 0.1) is 29.4 Å². The molecule has 3 fully saturated rings. The van der Waals surface area contributed by atoms with E-state index in [0.717, 1.165) is 68.9 Å². The molecule has 3 N–H and O–H groups in total. The van der Waals surface area contributed by atoms with E-state index in [4.69, 9.17) is 26.8 Å². The molecule has 0 radical (unpaired) electrons.